The van der Waals surface area contributed by atoms with E-state index in [4.69, 9.17) is 0 Å². The lowest BCUT2D eigenvalue weighted by molar-refractivity contribution is -0.124. The molecular weight excluding hydrogens is 326 g/mol. The van der Waals surface area contributed by atoms with Gasteiger partial charge in [-0.1, -0.05) is 31.0 Å². The van der Waals surface area contributed by atoms with Gasteiger partial charge < -0.3 is 15.1 Å². The first-order chi connectivity index (χ1) is 12.8. The standard InChI is InChI=1S/C21H31N3O2/c25-20(22-13-9-16-23-14-6-1-2-7-15-23)19-12-8-17-24(19)21(26)18-10-4-3-5-11-18/h3-5,10-11,19H,1-2,6-9,12-17H2,(H,22,25). The minimum atomic E-state index is -0.319. The van der Waals surface area contributed by atoms with Crippen molar-refractivity contribution in [2.75, 3.05) is 32.7 Å². The Kier molecular flexibility index (Phi) is 7.06. The number of amides is 2. The van der Waals surface area contributed by atoms with Crippen molar-refractivity contribution in [1.82, 2.24) is 15.1 Å². The highest BCUT2D eigenvalue weighted by Crippen LogP contribution is 2.20. The fourth-order valence-electron chi connectivity index (χ4n) is 4.02. The van der Waals surface area contributed by atoms with E-state index >= 15 is 0 Å². The number of nitrogens with zero attached hydrogens (tertiary/aromatic N) is 2. The van der Waals surface area contributed by atoms with E-state index in [-0.39, 0.29) is 17.9 Å². The smallest absolute Gasteiger partial charge is 0.254 e. The van der Waals surface area contributed by atoms with E-state index in [0.29, 0.717) is 18.7 Å². The molecule has 0 aliphatic carbocycles. The number of carbonyl (C=O) groups excluding carboxylic acids is 2. The molecule has 26 heavy (non-hydrogen) atoms. The second-order valence-corrected chi connectivity index (χ2v) is 7.42. The van der Waals surface area contributed by atoms with Gasteiger partial charge in [0, 0.05) is 18.7 Å². The van der Waals surface area contributed by atoms with Gasteiger partial charge in [0.25, 0.3) is 5.91 Å². The van der Waals surface area contributed by atoms with Crippen LogP contribution in [0.3, 0.4) is 0 Å². The number of hydrogen-bond donors (Lipinski definition) is 1. The number of carbonyl (C=O) groups is 2. The van der Waals surface area contributed by atoms with Crippen LogP contribution in [-0.2, 0) is 4.79 Å². The van der Waals surface area contributed by atoms with Crippen LogP contribution in [0.15, 0.2) is 30.3 Å². The zero-order valence-corrected chi connectivity index (χ0v) is 15.7. The van der Waals surface area contributed by atoms with E-state index in [1.807, 2.05) is 30.3 Å². The molecule has 3 rings (SSSR count). The van der Waals surface area contributed by atoms with Crippen LogP contribution in [0.2, 0.25) is 0 Å². The third-order valence-electron chi connectivity index (χ3n) is 5.49. The van der Waals surface area contributed by atoms with Crippen molar-refractivity contribution >= 4 is 11.8 Å². The third-order valence-corrected chi connectivity index (χ3v) is 5.49. The largest absolute Gasteiger partial charge is 0.354 e. The molecule has 2 aliphatic heterocycles. The molecule has 0 saturated carbocycles. The average molecular weight is 357 g/mol. The SMILES string of the molecule is O=C(NCCCN1CCCCCC1)C1CCCN1C(=O)c1ccccc1. The highest BCUT2D eigenvalue weighted by Gasteiger charge is 2.34. The molecule has 2 aliphatic rings. The summed E-state index contributed by atoms with van der Waals surface area (Å²) in [5.41, 5.74) is 0.661. The van der Waals surface area contributed by atoms with Gasteiger partial charge in [-0.15, -0.1) is 0 Å². The van der Waals surface area contributed by atoms with E-state index in [1.165, 1.54) is 38.8 Å². The molecule has 5 nitrogen and oxygen atoms in total. The molecule has 1 unspecified atom stereocenters. The topological polar surface area (TPSA) is 52.7 Å². The van der Waals surface area contributed by atoms with Crippen LogP contribution < -0.4 is 5.32 Å². The van der Waals surface area contributed by atoms with E-state index in [2.05, 4.69) is 10.2 Å². The maximum atomic E-state index is 12.7. The molecule has 142 valence electrons. The van der Waals surface area contributed by atoms with Gasteiger partial charge >= 0.3 is 0 Å². The maximum absolute atomic E-state index is 12.7. The Morgan fingerprint density at radius 1 is 0.962 bits per heavy atom. The Bertz CT molecular complexity index is 582. The molecule has 0 radical (unpaired) electrons. The van der Waals surface area contributed by atoms with Crippen LogP contribution >= 0.6 is 0 Å². The second-order valence-electron chi connectivity index (χ2n) is 7.42. The fourth-order valence-corrected chi connectivity index (χ4v) is 4.02. The van der Waals surface area contributed by atoms with Crippen LogP contribution in [0.5, 0.6) is 0 Å². The highest BCUT2D eigenvalue weighted by atomic mass is 16.2. The van der Waals surface area contributed by atoms with Gasteiger partial charge in [0.2, 0.25) is 5.91 Å². The van der Waals surface area contributed by atoms with Gasteiger partial charge in [-0.05, 0) is 63.9 Å². The van der Waals surface area contributed by atoms with Crippen molar-refractivity contribution in [3.8, 4) is 0 Å². The predicted molar refractivity (Wildman–Crippen MR) is 103 cm³/mol. The summed E-state index contributed by atoms with van der Waals surface area (Å²) in [6, 6.07) is 8.94. The summed E-state index contributed by atoms with van der Waals surface area (Å²) >= 11 is 0. The van der Waals surface area contributed by atoms with Crippen LogP contribution in [-0.4, -0.2) is 60.4 Å². The first-order valence-electron chi connectivity index (χ1n) is 10.1. The summed E-state index contributed by atoms with van der Waals surface area (Å²) < 4.78 is 0. The fraction of sp³-hybridized carbons (Fsp3) is 0.619. The zero-order chi connectivity index (χ0) is 18.2. The number of hydrogen-bond acceptors (Lipinski definition) is 3. The third kappa shape index (κ3) is 5.07. The lowest BCUT2D eigenvalue weighted by Crippen LogP contribution is -2.46. The molecule has 1 aromatic rings. The van der Waals surface area contributed by atoms with Crippen LogP contribution in [0.25, 0.3) is 0 Å². The van der Waals surface area contributed by atoms with Crippen molar-refractivity contribution in [3.63, 3.8) is 0 Å². The molecule has 5 heteroatoms. The van der Waals surface area contributed by atoms with Crippen molar-refractivity contribution in [1.29, 1.82) is 0 Å². The minimum absolute atomic E-state index is 0.00245. The summed E-state index contributed by atoms with van der Waals surface area (Å²) in [7, 11) is 0. The van der Waals surface area contributed by atoms with Gasteiger partial charge in [-0.2, -0.15) is 0 Å². The van der Waals surface area contributed by atoms with Gasteiger partial charge in [0.05, 0.1) is 0 Å². The summed E-state index contributed by atoms with van der Waals surface area (Å²) in [6.07, 6.45) is 7.92. The van der Waals surface area contributed by atoms with Gasteiger partial charge in [-0.25, -0.2) is 0 Å². The Morgan fingerprint density at radius 3 is 2.42 bits per heavy atom. The van der Waals surface area contributed by atoms with Crippen molar-refractivity contribution in [3.05, 3.63) is 35.9 Å². The lowest BCUT2D eigenvalue weighted by Gasteiger charge is -2.24. The lowest BCUT2D eigenvalue weighted by atomic mass is 10.1. The molecule has 2 saturated heterocycles. The molecule has 0 bridgehead atoms. The van der Waals surface area contributed by atoms with Gasteiger partial charge in [0.15, 0.2) is 0 Å². The molecule has 0 aromatic heterocycles. The van der Waals surface area contributed by atoms with Crippen molar-refractivity contribution < 1.29 is 9.59 Å². The highest BCUT2D eigenvalue weighted by molar-refractivity contribution is 5.97. The number of rotatable bonds is 6. The number of nitrogens with one attached hydrogen (secondary N) is 1. The average Bonchev–Trinajstić information content (AvgIpc) is 3.02. The Labute approximate surface area is 156 Å². The minimum Gasteiger partial charge on any atom is -0.354 e. The first kappa shape index (κ1) is 18.9. The molecule has 2 heterocycles. The summed E-state index contributed by atoms with van der Waals surface area (Å²) in [6.45, 7) is 4.79. The van der Waals surface area contributed by atoms with Gasteiger partial charge in [0.1, 0.15) is 6.04 Å². The number of likely N-dealkylation sites (tertiary alicyclic amines) is 2. The molecule has 1 N–H and O–H groups in total. The van der Waals surface area contributed by atoms with E-state index < -0.39 is 0 Å². The Balaban J connectivity index is 1.44. The molecule has 1 aromatic carbocycles. The quantitative estimate of drug-likeness (QED) is 0.797. The van der Waals surface area contributed by atoms with Crippen LogP contribution in [0.1, 0.15) is 55.3 Å². The second kappa shape index (κ2) is 9.72. The van der Waals surface area contributed by atoms with Crippen molar-refractivity contribution in [2.45, 2.75) is 51.0 Å². The monoisotopic (exact) mass is 357 g/mol. The van der Waals surface area contributed by atoms with E-state index in [9.17, 15) is 9.59 Å². The van der Waals surface area contributed by atoms with E-state index in [0.717, 1.165) is 25.8 Å². The summed E-state index contributed by atoms with van der Waals surface area (Å²) in [5, 5.41) is 3.06. The van der Waals surface area contributed by atoms with Crippen molar-refractivity contribution in [2.24, 2.45) is 0 Å². The Morgan fingerprint density at radius 2 is 1.69 bits per heavy atom. The van der Waals surface area contributed by atoms with E-state index in [1.54, 1.807) is 4.90 Å². The first-order valence-corrected chi connectivity index (χ1v) is 10.1. The molecule has 2 fully saturated rings. The molecule has 0 spiro atoms. The normalized spacial score (nSPS) is 21.4. The summed E-state index contributed by atoms with van der Waals surface area (Å²) in [4.78, 5) is 29.5. The number of benzene rings is 1. The van der Waals surface area contributed by atoms with Gasteiger partial charge in [-0.3, -0.25) is 9.59 Å². The summed E-state index contributed by atoms with van der Waals surface area (Å²) in [5.74, 6) is -0.0320. The molecule has 2 amide bonds. The predicted octanol–water partition coefficient (Wildman–Crippen LogP) is 2.67. The molecule has 1 atom stereocenters. The Hall–Kier alpha value is -1.88. The molecular formula is C21H31N3O2. The van der Waals surface area contributed by atoms with Crippen LogP contribution in [0, 0.1) is 0 Å². The maximum Gasteiger partial charge on any atom is 0.254 e. The zero-order valence-electron chi connectivity index (χ0n) is 15.7. The van der Waals surface area contributed by atoms with Crippen LogP contribution in [0.4, 0.5) is 0 Å².